The topological polar surface area (TPSA) is 55.5 Å². The monoisotopic (exact) mass is 299 g/mol. The number of ether oxygens (including phenoxy) is 1. The molecule has 0 spiro atoms. The van der Waals surface area contributed by atoms with Gasteiger partial charge < -0.3 is 15.6 Å². The van der Waals surface area contributed by atoms with Crippen molar-refractivity contribution in [2.45, 2.75) is 31.7 Å². The van der Waals surface area contributed by atoms with Gasteiger partial charge in [0.1, 0.15) is 5.75 Å². The Bertz CT molecular complexity index is 420. The number of aliphatic hydroxyl groups is 1. The summed E-state index contributed by atoms with van der Waals surface area (Å²) < 4.78 is 6.44. The Balaban J connectivity index is 2.55. The minimum atomic E-state index is -0.381. The molecule has 2 rings (SSSR count). The molecule has 3 nitrogen and oxygen atoms in total. The molecule has 0 aromatic heterocycles. The number of rotatable bonds is 3. The lowest BCUT2D eigenvalue weighted by atomic mass is 9.88. The maximum atomic E-state index is 9.21. The maximum absolute atomic E-state index is 9.21. The Morgan fingerprint density at radius 3 is 2.82 bits per heavy atom. The van der Waals surface area contributed by atoms with Crippen LogP contribution in [0.3, 0.4) is 0 Å². The number of aliphatic hydroxyl groups excluding tert-OH is 1. The quantitative estimate of drug-likeness (QED) is 0.901. The largest absolute Gasteiger partial charge is 0.495 e. The highest BCUT2D eigenvalue weighted by molar-refractivity contribution is 9.10. The lowest BCUT2D eigenvalue weighted by Gasteiger charge is -2.23. The van der Waals surface area contributed by atoms with E-state index in [9.17, 15) is 5.11 Å². The zero-order chi connectivity index (χ0) is 12.4. The lowest BCUT2D eigenvalue weighted by molar-refractivity contribution is 0.264. The summed E-state index contributed by atoms with van der Waals surface area (Å²) in [6, 6.07) is 1.72. The fraction of sp³-hybridized carbons (Fsp3) is 0.538. The molecule has 1 aromatic carbocycles. The van der Waals surface area contributed by atoms with E-state index in [0.717, 1.165) is 28.6 Å². The number of hydrogen-bond donors (Lipinski definition) is 2. The zero-order valence-corrected chi connectivity index (χ0v) is 11.6. The van der Waals surface area contributed by atoms with Crippen LogP contribution in [0.1, 0.15) is 35.6 Å². The maximum Gasteiger partial charge on any atom is 0.138 e. The van der Waals surface area contributed by atoms with Gasteiger partial charge in [0.05, 0.1) is 24.2 Å². The molecule has 0 fully saturated rings. The van der Waals surface area contributed by atoms with E-state index in [1.165, 1.54) is 24.0 Å². The van der Waals surface area contributed by atoms with Crippen molar-refractivity contribution in [3.05, 3.63) is 27.2 Å². The van der Waals surface area contributed by atoms with Crippen LogP contribution in [-0.2, 0) is 12.8 Å². The van der Waals surface area contributed by atoms with E-state index in [4.69, 9.17) is 10.5 Å². The molecular formula is C13H18BrNO2. The van der Waals surface area contributed by atoms with Crippen molar-refractivity contribution in [3.8, 4) is 5.75 Å². The normalized spacial score (nSPS) is 16.5. The first kappa shape index (κ1) is 12.9. The third kappa shape index (κ3) is 2.34. The number of nitrogens with two attached hydrogens (primary N) is 1. The van der Waals surface area contributed by atoms with Crippen molar-refractivity contribution in [3.63, 3.8) is 0 Å². The predicted octanol–water partition coefficient (Wildman–Crippen LogP) is 2.33. The fourth-order valence-electron chi connectivity index (χ4n) is 2.44. The van der Waals surface area contributed by atoms with Crippen molar-refractivity contribution >= 4 is 15.9 Å². The van der Waals surface area contributed by atoms with Crippen molar-refractivity contribution in [2.75, 3.05) is 13.7 Å². The summed E-state index contributed by atoms with van der Waals surface area (Å²) in [6.45, 7) is -0.0679. The summed E-state index contributed by atoms with van der Waals surface area (Å²) >= 11 is 3.61. The molecule has 1 aromatic rings. The van der Waals surface area contributed by atoms with E-state index in [-0.39, 0.29) is 12.6 Å². The van der Waals surface area contributed by atoms with Crippen LogP contribution in [-0.4, -0.2) is 18.8 Å². The molecule has 0 radical (unpaired) electrons. The van der Waals surface area contributed by atoms with Gasteiger partial charge in [-0.05, 0) is 52.7 Å². The second-order valence-electron chi connectivity index (χ2n) is 4.45. The molecule has 17 heavy (non-hydrogen) atoms. The average Bonchev–Trinajstić information content (AvgIpc) is 2.37. The second-order valence-corrected chi connectivity index (χ2v) is 5.24. The van der Waals surface area contributed by atoms with Crippen LogP contribution < -0.4 is 10.5 Å². The SMILES string of the molecule is COc1c(C(N)CO)cc2c(c1Br)CCCC2. The molecule has 0 heterocycles. The summed E-state index contributed by atoms with van der Waals surface area (Å²) in [5.74, 6) is 0.771. The molecule has 1 aliphatic carbocycles. The van der Waals surface area contributed by atoms with Crippen molar-refractivity contribution < 1.29 is 9.84 Å². The Hall–Kier alpha value is -0.580. The first-order valence-corrected chi connectivity index (χ1v) is 6.73. The Morgan fingerprint density at radius 2 is 2.18 bits per heavy atom. The highest BCUT2D eigenvalue weighted by atomic mass is 79.9. The Morgan fingerprint density at radius 1 is 1.47 bits per heavy atom. The van der Waals surface area contributed by atoms with Crippen LogP contribution in [0.2, 0.25) is 0 Å². The molecular weight excluding hydrogens is 282 g/mol. The van der Waals surface area contributed by atoms with Crippen LogP contribution in [0.25, 0.3) is 0 Å². The van der Waals surface area contributed by atoms with Gasteiger partial charge in [-0.15, -0.1) is 0 Å². The summed E-state index contributed by atoms with van der Waals surface area (Å²) in [6.07, 6.45) is 4.61. The van der Waals surface area contributed by atoms with Gasteiger partial charge in [0.15, 0.2) is 0 Å². The van der Waals surface area contributed by atoms with Crippen LogP contribution in [0, 0.1) is 0 Å². The summed E-state index contributed by atoms with van der Waals surface area (Å²) in [7, 11) is 1.64. The molecule has 0 saturated heterocycles. The highest BCUT2D eigenvalue weighted by Crippen LogP contribution is 2.40. The molecule has 0 amide bonds. The van der Waals surface area contributed by atoms with E-state index in [2.05, 4.69) is 22.0 Å². The molecule has 1 aliphatic rings. The summed E-state index contributed by atoms with van der Waals surface area (Å²) in [5.41, 5.74) is 9.48. The first-order chi connectivity index (χ1) is 8.19. The molecule has 3 N–H and O–H groups in total. The molecule has 1 atom stereocenters. The van der Waals surface area contributed by atoms with Crippen LogP contribution in [0.5, 0.6) is 5.75 Å². The van der Waals surface area contributed by atoms with Crippen LogP contribution >= 0.6 is 15.9 Å². The smallest absolute Gasteiger partial charge is 0.138 e. The third-order valence-electron chi connectivity index (χ3n) is 3.37. The summed E-state index contributed by atoms with van der Waals surface area (Å²) in [5, 5.41) is 9.21. The van der Waals surface area contributed by atoms with Gasteiger partial charge in [-0.3, -0.25) is 0 Å². The van der Waals surface area contributed by atoms with Gasteiger partial charge in [-0.1, -0.05) is 6.07 Å². The Labute approximate surface area is 110 Å². The first-order valence-electron chi connectivity index (χ1n) is 5.93. The predicted molar refractivity (Wildman–Crippen MR) is 71.4 cm³/mol. The van der Waals surface area contributed by atoms with Gasteiger partial charge in [-0.2, -0.15) is 0 Å². The fourth-order valence-corrected chi connectivity index (χ4v) is 3.28. The molecule has 1 unspecified atom stereocenters. The number of halogens is 1. The van der Waals surface area contributed by atoms with E-state index in [1.807, 2.05) is 0 Å². The van der Waals surface area contributed by atoms with Crippen molar-refractivity contribution in [2.24, 2.45) is 5.73 Å². The molecule has 94 valence electrons. The number of aryl methyl sites for hydroxylation is 1. The van der Waals surface area contributed by atoms with Gasteiger partial charge >= 0.3 is 0 Å². The number of hydrogen-bond acceptors (Lipinski definition) is 3. The third-order valence-corrected chi connectivity index (χ3v) is 4.21. The summed E-state index contributed by atoms with van der Waals surface area (Å²) in [4.78, 5) is 0. The number of benzene rings is 1. The van der Waals surface area contributed by atoms with E-state index in [1.54, 1.807) is 7.11 Å². The van der Waals surface area contributed by atoms with E-state index in [0.29, 0.717) is 0 Å². The van der Waals surface area contributed by atoms with Gasteiger partial charge in [0.25, 0.3) is 0 Å². The van der Waals surface area contributed by atoms with E-state index >= 15 is 0 Å². The van der Waals surface area contributed by atoms with Crippen LogP contribution in [0.4, 0.5) is 0 Å². The van der Waals surface area contributed by atoms with Gasteiger partial charge in [0, 0.05) is 5.56 Å². The van der Waals surface area contributed by atoms with Gasteiger partial charge in [0.2, 0.25) is 0 Å². The minimum Gasteiger partial charge on any atom is -0.495 e. The Kier molecular flexibility index (Phi) is 4.07. The van der Waals surface area contributed by atoms with Crippen LogP contribution in [0.15, 0.2) is 10.5 Å². The van der Waals surface area contributed by atoms with E-state index < -0.39 is 0 Å². The second kappa shape index (κ2) is 5.38. The van der Waals surface area contributed by atoms with Crippen molar-refractivity contribution in [1.82, 2.24) is 0 Å². The highest BCUT2D eigenvalue weighted by Gasteiger charge is 2.21. The lowest BCUT2D eigenvalue weighted by Crippen LogP contribution is -2.17. The van der Waals surface area contributed by atoms with Crippen molar-refractivity contribution in [1.29, 1.82) is 0 Å². The molecule has 0 bridgehead atoms. The zero-order valence-electron chi connectivity index (χ0n) is 10.0. The molecule has 4 heteroatoms. The minimum absolute atomic E-state index is 0.0679. The molecule has 0 aliphatic heterocycles. The standard InChI is InChI=1S/C13H18BrNO2/c1-17-13-10(11(15)7-16)6-8-4-2-3-5-9(8)12(13)14/h6,11,16H,2-5,7,15H2,1H3. The average molecular weight is 300 g/mol. The number of fused-ring (bicyclic) bond motifs is 1. The molecule has 0 saturated carbocycles. The number of methoxy groups -OCH3 is 1. The van der Waals surface area contributed by atoms with Gasteiger partial charge in [-0.25, -0.2) is 0 Å².